The highest BCUT2D eigenvalue weighted by Crippen LogP contribution is 2.27. The number of benzene rings is 1. The first-order valence-corrected chi connectivity index (χ1v) is 8.02. The molecule has 0 bridgehead atoms. The normalized spacial score (nSPS) is 10.1. The average Bonchev–Trinajstić information content (AvgIpc) is 2.98. The molecule has 0 saturated heterocycles. The van der Waals surface area contributed by atoms with Crippen molar-refractivity contribution >= 4 is 34.0 Å². The smallest absolute Gasteiger partial charge is 0.206 e. The van der Waals surface area contributed by atoms with E-state index in [-0.39, 0.29) is 5.78 Å². The second kappa shape index (κ2) is 7.80. The van der Waals surface area contributed by atoms with Crippen LogP contribution in [-0.2, 0) is 0 Å². The van der Waals surface area contributed by atoms with Gasteiger partial charge in [-0.25, -0.2) is 0 Å². The van der Waals surface area contributed by atoms with Crippen molar-refractivity contribution in [2.24, 2.45) is 0 Å². The molecule has 1 aromatic heterocycles. The van der Waals surface area contributed by atoms with Crippen molar-refractivity contribution in [2.75, 3.05) is 24.7 Å². The van der Waals surface area contributed by atoms with E-state index in [0.29, 0.717) is 23.6 Å². The van der Waals surface area contributed by atoms with Crippen LogP contribution in [0, 0.1) is 0 Å². The highest BCUT2D eigenvalue weighted by molar-refractivity contribution is 8.01. The Morgan fingerprint density at radius 1 is 1.48 bits per heavy atom. The third kappa shape index (κ3) is 4.30. The number of hydrogen-bond acceptors (Lipinski definition) is 7. The van der Waals surface area contributed by atoms with Gasteiger partial charge in [-0.05, 0) is 12.1 Å². The van der Waals surface area contributed by atoms with Gasteiger partial charge in [0.1, 0.15) is 5.75 Å². The van der Waals surface area contributed by atoms with Crippen molar-refractivity contribution in [1.82, 2.24) is 10.2 Å². The number of carbonyl (C=O) groups excluding carboxylic acids is 1. The molecule has 0 fully saturated rings. The van der Waals surface area contributed by atoms with Crippen molar-refractivity contribution in [1.29, 1.82) is 0 Å². The number of nitrogens with one attached hydrogen (secondary N) is 1. The Balaban J connectivity index is 1.94. The van der Waals surface area contributed by atoms with Crippen molar-refractivity contribution < 1.29 is 9.53 Å². The molecule has 21 heavy (non-hydrogen) atoms. The van der Waals surface area contributed by atoms with Crippen molar-refractivity contribution in [2.45, 2.75) is 4.34 Å². The number of anilines is 1. The second-order valence-corrected chi connectivity index (χ2v) is 6.15. The molecule has 0 aliphatic heterocycles. The van der Waals surface area contributed by atoms with Crippen LogP contribution in [-0.4, -0.2) is 35.4 Å². The Kier molecular flexibility index (Phi) is 5.77. The molecule has 0 spiro atoms. The molecule has 1 heterocycles. The fourth-order valence-electron chi connectivity index (χ4n) is 1.58. The van der Waals surface area contributed by atoms with Crippen LogP contribution in [0.2, 0.25) is 0 Å². The number of thioether (sulfide) groups is 1. The van der Waals surface area contributed by atoms with Crippen LogP contribution < -0.4 is 10.1 Å². The van der Waals surface area contributed by atoms with E-state index in [0.717, 1.165) is 9.47 Å². The van der Waals surface area contributed by atoms with E-state index in [4.69, 9.17) is 4.74 Å². The number of ketones is 1. The summed E-state index contributed by atoms with van der Waals surface area (Å²) >= 11 is 2.79. The molecule has 7 heteroatoms. The van der Waals surface area contributed by atoms with Gasteiger partial charge in [0, 0.05) is 6.54 Å². The molecule has 110 valence electrons. The molecule has 0 saturated carbocycles. The minimum Gasteiger partial charge on any atom is -0.496 e. The number of ether oxygens (including phenoxy) is 1. The third-order valence-corrected chi connectivity index (χ3v) is 4.55. The topological polar surface area (TPSA) is 64.1 Å². The SMILES string of the molecule is C=CCNc1nnc(SCC(=O)c2ccccc2OC)s1. The zero-order chi connectivity index (χ0) is 15.1. The molecule has 0 unspecified atom stereocenters. The molecule has 0 aliphatic carbocycles. The van der Waals surface area contributed by atoms with E-state index >= 15 is 0 Å². The monoisotopic (exact) mass is 321 g/mol. The predicted octanol–water partition coefficient (Wildman–Crippen LogP) is 3.12. The molecule has 0 aliphatic rings. The van der Waals surface area contributed by atoms with Gasteiger partial charge in [-0.2, -0.15) is 0 Å². The summed E-state index contributed by atoms with van der Waals surface area (Å²) in [5.74, 6) is 0.901. The van der Waals surface area contributed by atoms with Gasteiger partial charge in [-0.15, -0.1) is 16.8 Å². The first kappa shape index (κ1) is 15.5. The molecule has 0 atom stereocenters. The Morgan fingerprint density at radius 2 is 2.29 bits per heavy atom. The van der Waals surface area contributed by atoms with E-state index < -0.39 is 0 Å². The first-order valence-electron chi connectivity index (χ1n) is 6.22. The maximum Gasteiger partial charge on any atom is 0.206 e. The Hall–Kier alpha value is -1.86. The number of Topliss-reactive ketones (excluding diaryl/α,β-unsaturated/α-hetero) is 1. The van der Waals surface area contributed by atoms with Crippen LogP contribution in [0.25, 0.3) is 0 Å². The van der Waals surface area contributed by atoms with Gasteiger partial charge in [0.25, 0.3) is 0 Å². The molecule has 2 rings (SSSR count). The molecule has 2 aromatic rings. The quantitative estimate of drug-likeness (QED) is 0.458. The van der Waals surface area contributed by atoms with Crippen LogP contribution in [0.4, 0.5) is 5.13 Å². The zero-order valence-corrected chi connectivity index (χ0v) is 13.2. The lowest BCUT2D eigenvalue weighted by molar-refractivity contribution is 0.101. The molecule has 0 amide bonds. The molecular formula is C14H15N3O2S2. The lowest BCUT2D eigenvalue weighted by Crippen LogP contribution is -2.04. The first-order chi connectivity index (χ1) is 10.2. The van der Waals surface area contributed by atoms with Gasteiger partial charge in [0.05, 0.1) is 18.4 Å². The van der Waals surface area contributed by atoms with E-state index in [1.807, 2.05) is 12.1 Å². The number of aromatic nitrogens is 2. The lowest BCUT2D eigenvalue weighted by Gasteiger charge is -2.05. The molecule has 1 aromatic carbocycles. The fourth-order valence-corrected chi connectivity index (χ4v) is 3.22. The van der Waals surface area contributed by atoms with Gasteiger partial charge >= 0.3 is 0 Å². The van der Waals surface area contributed by atoms with Gasteiger partial charge in [-0.1, -0.05) is 41.3 Å². The standard InChI is InChI=1S/C14H15N3O2S2/c1-3-8-15-13-16-17-14(21-13)20-9-11(18)10-6-4-5-7-12(10)19-2/h3-7H,1,8-9H2,2H3,(H,15,16). The van der Waals surface area contributed by atoms with E-state index in [9.17, 15) is 4.79 Å². The van der Waals surface area contributed by atoms with Crippen LogP contribution >= 0.6 is 23.1 Å². The summed E-state index contributed by atoms with van der Waals surface area (Å²) < 4.78 is 5.95. The van der Waals surface area contributed by atoms with Crippen molar-refractivity contribution in [3.8, 4) is 5.75 Å². The minimum absolute atomic E-state index is 0.00764. The van der Waals surface area contributed by atoms with E-state index in [2.05, 4.69) is 22.1 Å². The van der Waals surface area contributed by atoms with Gasteiger partial charge in [-0.3, -0.25) is 4.79 Å². The summed E-state index contributed by atoms with van der Waals surface area (Å²) in [6.45, 7) is 4.26. The van der Waals surface area contributed by atoms with Crippen LogP contribution in [0.3, 0.4) is 0 Å². The molecule has 0 radical (unpaired) electrons. The van der Waals surface area contributed by atoms with E-state index in [1.54, 1.807) is 25.3 Å². The average molecular weight is 321 g/mol. The maximum absolute atomic E-state index is 12.2. The third-order valence-electron chi connectivity index (χ3n) is 2.54. The number of carbonyl (C=O) groups is 1. The van der Waals surface area contributed by atoms with Gasteiger partial charge in [0.15, 0.2) is 10.1 Å². The number of nitrogens with zero attached hydrogens (tertiary/aromatic N) is 2. The van der Waals surface area contributed by atoms with Crippen LogP contribution in [0.15, 0.2) is 41.3 Å². The zero-order valence-electron chi connectivity index (χ0n) is 11.5. The number of rotatable bonds is 8. The largest absolute Gasteiger partial charge is 0.496 e. The Labute approximate surface area is 131 Å². The summed E-state index contributed by atoms with van der Waals surface area (Å²) in [6.07, 6.45) is 1.75. The fraction of sp³-hybridized carbons (Fsp3) is 0.214. The summed E-state index contributed by atoms with van der Waals surface area (Å²) in [6, 6.07) is 7.20. The maximum atomic E-state index is 12.2. The van der Waals surface area contributed by atoms with Crippen LogP contribution in [0.5, 0.6) is 5.75 Å². The van der Waals surface area contributed by atoms with Crippen LogP contribution in [0.1, 0.15) is 10.4 Å². The van der Waals surface area contributed by atoms with E-state index in [1.165, 1.54) is 23.1 Å². The van der Waals surface area contributed by atoms with Gasteiger partial charge < -0.3 is 10.1 Å². The highest BCUT2D eigenvalue weighted by atomic mass is 32.2. The highest BCUT2D eigenvalue weighted by Gasteiger charge is 2.13. The predicted molar refractivity (Wildman–Crippen MR) is 86.6 cm³/mol. The summed E-state index contributed by atoms with van der Waals surface area (Å²) in [5.41, 5.74) is 0.585. The van der Waals surface area contributed by atoms with Crippen molar-refractivity contribution in [3.05, 3.63) is 42.5 Å². The number of para-hydroxylation sites is 1. The number of methoxy groups -OCH3 is 1. The number of hydrogen-bond donors (Lipinski definition) is 1. The second-order valence-electron chi connectivity index (χ2n) is 3.95. The molecular weight excluding hydrogens is 306 g/mol. The minimum atomic E-state index is 0.00764. The molecule has 5 nitrogen and oxygen atoms in total. The van der Waals surface area contributed by atoms with Gasteiger partial charge in [0.2, 0.25) is 5.13 Å². The van der Waals surface area contributed by atoms with Crippen molar-refractivity contribution in [3.63, 3.8) is 0 Å². The summed E-state index contributed by atoms with van der Waals surface area (Å²) in [7, 11) is 1.56. The Bertz CT molecular complexity index is 628. The molecule has 1 N–H and O–H groups in total. The lowest BCUT2D eigenvalue weighted by atomic mass is 10.1. The summed E-state index contributed by atoms with van der Waals surface area (Å²) in [5, 5.41) is 11.8. The summed E-state index contributed by atoms with van der Waals surface area (Å²) in [4.78, 5) is 12.2. The Morgan fingerprint density at radius 3 is 3.05 bits per heavy atom.